The van der Waals surface area contributed by atoms with E-state index in [1.807, 2.05) is 13.8 Å². The van der Waals surface area contributed by atoms with Crippen LogP contribution in [0.4, 0.5) is 13.2 Å². The number of likely N-dealkylation sites (N-methyl/N-ethyl adjacent to an activating group) is 1. The van der Waals surface area contributed by atoms with Crippen molar-refractivity contribution in [1.82, 2.24) is 10.2 Å². The van der Waals surface area contributed by atoms with E-state index in [1.54, 1.807) is 0 Å². The molecule has 104 valence electrons. The monoisotopic (exact) mass is 256 g/mol. The highest BCUT2D eigenvalue weighted by molar-refractivity contribution is 4.81. The van der Waals surface area contributed by atoms with Gasteiger partial charge < -0.3 is 10.4 Å². The van der Waals surface area contributed by atoms with E-state index in [9.17, 15) is 18.3 Å². The van der Waals surface area contributed by atoms with Gasteiger partial charge in [-0.05, 0) is 39.9 Å². The van der Waals surface area contributed by atoms with E-state index in [-0.39, 0.29) is 6.61 Å². The molecule has 1 unspecified atom stereocenters. The lowest BCUT2D eigenvalue weighted by Crippen LogP contribution is -2.46. The molecular weight excluding hydrogens is 233 g/mol. The fraction of sp³-hybridized carbons (Fsp3) is 1.00. The number of nitrogens with zero attached hydrogens (tertiary/aromatic N) is 1. The molecule has 0 saturated heterocycles. The van der Waals surface area contributed by atoms with Gasteiger partial charge in [-0.15, -0.1) is 0 Å². The van der Waals surface area contributed by atoms with Crippen LogP contribution < -0.4 is 5.32 Å². The highest BCUT2D eigenvalue weighted by Crippen LogP contribution is 2.17. The fourth-order valence-corrected chi connectivity index (χ4v) is 1.77. The lowest BCUT2D eigenvalue weighted by atomic mass is 9.96. The van der Waals surface area contributed by atoms with Crippen molar-refractivity contribution in [1.29, 1.82) is 0 Å². The van der Waals surface area contributed by atoms with E-state index in [4.69, 9.17) is 0 Å². The summed E-state index contributed by atoms with van der Waals surface area (Å²) in [5.74, 6) is 0. The Morgan fingerprint density at radius 3 is 2.29 bits per heavy atom. The molecule has 17 heavy (non-hydrogen) atoms. The van der Waals surface area contributed by atoms with E-state index in [0.29, 0.717) is 19.4 Å². The molecule has 2 N–H and O–H groups in total. The first-order valence-corrected chi connectivity index (χ1v) is 5.83. The lowest BCUT2D eigenvalue weighted by molar-refractivity contribution is -0.143. The molecule has 0 spiro atoms. The van der Waals surface area contributed by atoms with Crippen molar-refractivity contribution in [2.24, 2.45) is 0 Å². The van der Waals surface area contributed by atoms with Gasteiger partial charge in [-0.25, -0.2) is 0 Å². The van der Waals surface area contributed by atoms with Crippen molar-refractivity contribution in [2.45, 2.75) is 38.4 Å². The molecule has 0 aromatic rings. The summed E-state index contributed by atoms with van der Waals surface area (Å²) in [4.78, 5) is 1.25. The zero-order valence-electron chi connectivity index (χ0n) is 10.8. The number of aliphatic hydroxyl groups excluding tert-OH is 1. The van der Waals surface area contributed by atoms with Gasteiger partial charge in [0.2, 0.25) is 0 Å². The van der Waals surface area contributed by atoms with Crippen molar-refractivity contribution < 1.29 is 18.3 Å². The minimum atomic E-state index is -4.14. The summed E-state index contributed by atoms with van der Waals surface area (Å²) < 4.78 is 36.2. The number of nitrogens with one attached hydrogen (secondary N) is 1. The van der Waals surface area contributed by atoms with Gasteiger partial charge in [0, 0.05) is 5.54 Å². The standard InChI is InChI=1S/C11H23F3N2O/c1-4-15-10(2,9-17)6-5-7-16(3)8-11(12,13)14/h15,17H,4-9H2,1-3H3. The fourth-order valence-electron chi connectivity index (χ4n) is 1.77. The van der Waals surface area contributed by atoms with E-state index >= 15 is 0 Å². The quantitative estimate of drug-likeness (QED) is 0.693. The van der Waals surface area contributed by atoms with Crippen molar-refractivity contribution in [3.8, 4) is 0 Å². The molecule has 6 heteroatoms. The molecule has 0 aliphatic carbocycles. The minimum absolute atomic E-state index is 0.0101. The number of halogens is 3. The Hall–Kier alpha value is -0.330. The molecule has 0 rings (SSSR count). The third-order valence-corrected chi connectivity index (χ3v) is 2.67. The summed E-state index contributed by atoms with van der Waals surface area (Å²) in [5, 5.41) is 12.4. The molecule has 0 saturated carbocycles. The van der Waals surface area contributed by atoms with Gasteiger partial charge in [-0.2, -0.15) is 13.2 Å². The predicted molar refractivity (Wildman–Crippen MR) is 62.0 cm³/mol. The van der Waals surface area contributed by atoms with Crippen LogP contribution in [0.25, 0.3) is 0 Å². The summed E-state index contributed by atoms with van der Waals surface area (Å²) in [5.41, 5.74) is -0.395. The predicted octanol–water partition coefficient (Wildman–Crippen LogP) is 1.62. The molecule has 0 aromatic carbocycles. The highest BCUT2D eigenvalue weighted by atomic mass is 19.4. The van der Waals surface area contributed by atoms with Gasteiger partial charge in [0.15, 0.2) is 0 Å². The van der Waals surface area contributed by atoms with Crippen LogP contribution in [0.3, 0.4) is 0 Å². The molecule has 3 nitrogen and oxygen atoms in total. The molecule has 0 aliphatic rings. The maximum atomic E-state index is 12.1. The van der Waals surface area contributed by atoms with Gasteiger partial charge in [0.1, 0.15) is 0 Å². The van der Waals surface area contributed by atoms with Crippen molar-refractivity contribution in [3.63, 3.8) is 0 Å². The second-order valence-electron chi connectivity index (χ2n) is 4.71. The summed E-state index contributed by atoms with van der Waals surface area (Å²) in [6.45, 7) is 4.02. The Morgan fingerprint density at radius 1 is 1.29 bits per heavy atom. The molecule has 0 heterocycles. The molecule has 0 aromatic heterocycles. The summed E-state index contributed by atoms with van der Waals surface area (Å²) in [7, 11) is 1.46. The van der Waals surface area contributed by atoms with Crippen LogP contribution in [0.5, 0.6) is 0 Å². The van der Waals surface area contributed by atoms with Crippen molar-refractivity contribution in [3.05, 3.63) is 0 Å². The van der Waals surface area contributed by atoms with Crippen LogP contribution in [0.1, 0.15) is 26.7 Å². The number of hydrogen-bond donors (Lipinski definition) is 2. The average Bonchev–Trinajstić information content (AvgIpc) is 2.15. The summed E-state index contributed by atoms with van der Waals surface area (Å²) >= 11 is 0. The zero-order valence-corrected chi connectivity index (χ0v) is 10.8. The number of hydrogen-bond acceptors (Lipinski definition) is 3. The molecule has 0 bridgehead atoms. The van der Waals surface area contributed by atoms with E-state index < -0.39 is 18.3 Å². The second kappa shape index (κ2) is 7.18. The van der Waals surface area contributed by atoms with Crippen LogP contribution >= 0.6 is 0 Å². The average molecular weight is 256 g/mol. The molecule has 0 radical (unpaired) electrons. The normalized spacial score (nSPS) is 16.2. The maximum Gasteiger partial charge on any atom is 0.401 e. The van der Waals surface area contributed by atoms with Crippen LogP contribution in [0, 0.1) is 0 Å². The van der Waals surface area contributed by atoms with Crippen molar-refractivity contribution in [2.75, 3.05) is 33.3 Å². The van der Waals surface area contributed by atoms with Crippen molar-refractivity contribution >= 4 is 0 Å². The number of rotatable bonds is 8. The Bertz CT molecular complexity index is 211. The van der Waals surface area contributed by atoms with E-state index in [0.717, 1.165) is 6.54 Å². The van der Waals surface area contributed by atoms with Gasteiger partial charge in [-0.3, -0.25) is 4.90 Å². The third-order valence-electron chi connectivity index (χ3n) is 2.67. The Morgan fingerprint density at radius 2 is 1.88 bits per heavy atom. The Kier molecular flexibility index (Phi) is 7.04. The number of aliphatic hydroxyl groups is 1. The minimum Gasteiger partial charge on any atom is -0.394 e. The molecule has 0 amide bonds. The molecule has 1 atom stereocenters. The highest BCUT2D eigenvalue weighted by Gasteiger charge is 2.29. The second-order valence-corrected chi connectivity index (χ2v) is 4.71. The Labute approximate surface area is 101 Å². The largest absolute Gasteiger partial charge is 0.401 e. The first-order chi connectivity index (χ1) is 7.72. The first kappa shape index (κ1) is 16.7. The van der Waals surface area contributed by atoms with E-state index in [1.165, 1.54) is 11.9 Å². The summed E-state index contributed by atoms with van der Waals surface area (Å²) in [6, 6.07) is 0. The third kappa shape index (κ3) is 8.40. The molecule has 0 fully saturated rings. The van der Waals surface area contributed by atoms with Crippen LogP contribution in [-0.4, -0.2) is 55.0 Å². The first-order valence-electron chi connectivity index (χ1n) is 5.83. The van der Waals surface area contributed by atoms with E-state index in [2.05, 4.69) is 5.32 Å². The lowest BCUT2D eigenvalue weighted by Gasteiger charge is -2.29. The van der Waals surface area contributed by atoms with Gasteiger partial charge in [0.05, 0.1) is 13.2 Å². The Balaban J connectivity index is 3.89. The number of alkyl halides is 3. The van der Waals surface area contributed by atoms with Gasteiger partial charge >= 0.3 is 6.18 Å². The van der Waals surface area contributed by atoms with Crippen LogP contribution in [0.2, 0.25) is 0 Å². The summed E-state index contributed by atoms with van der Waals surface area (Å²) in [6.07, 6.45) is -2.87. The van der Waals surface area contributed by atoms with Crippen LogP contribution in [0.15, 0.2) is 0 Å². The van der Waals surface area contributed by atoms with Gasteiger partial charge in [-0.1, -0.05) is 6.92 Å². The molecular formula is C11H23F3N2O. The van der Waals surface area contributed by atoms with Gasteiger partial charge in [0.25, 0.3) is 0 Å². The maximum absolute atomic E-state index is 12.1. The smallest absolute Gasteiger partial charge is 0.394 e. The molecule has 0 aliphatic heterocycles. The topological polar surface area (TPSA) is 35.5 Å². The zero-order chi connectivity index (χ0) is 13.5. The van der Waals surface area contributed by atoms with Crippen LogP contribution in [-0.2, 0) is 0 Å². The SMILES string of the molecule is CCNC(C)(CO)CCCN(C)CC(F)(F)F.